The van der Waals surface area contributed by atoms with Crippen LogP contribution in [0.3, 0.4) is 0 Å². The minimum Gasteiger partial charge on any atom is -0.483 e. The minimum absolute atomic E-state index is 0.124. The van der Waals surface area contributed by atoms with Crippen molar-refractivity contribution in [2.24, 2.45) is 0 Å². The van der Waals surface area contributed by atoms with Crippen LogP contribution < -0.4 is 10.1 Å². The van der Waals surface area contributed by atoms with Crippen molar-refractivity contribution in [2.45, 2.75) is 65.1 Å². The lowest BCUT2D eigenvalue weighted by Gasteiger charge is -2.34. The molecular weight excluding hydrogens is 519 g/mol. The molecule has 1 unspecified atom stereocenters. The summed E-state index contributed by atoms with van der Waals surface area (Å²) in [5.74, 6) is 0.315. The number of nitrogens with zero attached hydrogens (tertiary/aromatic N) is 1. The molecule has 0 bridgehead atoms. The van der Waals surface area contributed by atoms with Gasteiger partial charge in [-0.15, -0.1) is 0 Å². The second-order valence-electron chi connectivity index (χ2n) is 10.7. The van der Waals surface area contributed by atoms with Crippen LogP contribution in [0.15, 0.2) is 72.8 Å². The maximum Gasteiger partial charge on any atom is 0.261 e. The number of rotatable bonds is 10. The predicted molar refractivity (Wildman–Crippen MR) is 155 cm³/mol. The first-order chi connectivity index (χ1) is 17.9. The van der Waals surface area contributed by atoms with Gasteiger partial charge in [0.15, 0.2) is 6.61 Å². The second kappa shape index (κ2) is 13.2. The number of halogens is 2. The molecular formula is C31H36Cl2N2O3. The number of carbonyl (C=O) groups is 2. The number of para-hydroxylation sites is 1. The van der Waals surface area contributed by atoms with E-state index in [0.29, 0.717) is 27.8 Å². The van der Waals surface area contributed by atoms with Crippen LogP contribution >= 0.6 is 23.2 Å². The van der Waals surface area contributed by atoms with Crippen molar-refractivity contribution in [2.75, 3.05) is 6.61 Å². The molecule has 0 heterocycles. The molecule has 7 heteroatoms. The van der Waals surface area contributed by atoms with Gasteiger partial charge in [0, 0.05) is 28.5 Å². The highest BCUT2D eigenvalue weighted by Gasteiger charge is 2.33. The normalized spacial score (nSPS) is 12.2. The quantitative estimate of drug-likeness (QED) is 0.292. The van der Waals surface area contributed by atoms with Gasteiger partial charge in [-0.1, -0.05) is 91.6 Å². The number of carbonyl (C=O) groups excluding carboxylic acids is 2. The van der Waals surface area contributed by atoms with Crippen LogP contribution in [0, 0.1) is 0 Å². The van der Waals surface area contributed by atoms with E-state index in [1.165, 1.54) is 0 Å². The van der Waals surface area contributed by atoms with Gasteiger partial charge in [-0.3, -0.25) is 9.59 Å². The van der Waals surface area contributed by atoms with Crippen molar-refractivity contribution in [3.63, 3.8) is 0 Å². The van der Waals surface area contributed by atoms with Gasteiger partial charge in [-0.05, 0) is 61.6 Å². The van der Waals surface area contributed by atoms with E-state index in [1.54, 1.807) is 23.1 Å². The molecule has 202 valence electrons. The lowest BCUT2D eigenvalue weighted by Crippen LogP contribution is -2.55. The molecule has 0 saturated heterocycles. The lowest BCUT2D eigenvalue weighted by molar-refractivity contribution is -0.143. The summed E-state index contributed by atoms with van der Waals surface area (Å²) >= 11 is 12.6. The van der Waals surface area contributed by atoms with E-state index in [4.69, 9.17) is 27.9 Å². The fourth-order valence-electron chi connectivity index (χ4n) is 4.15. The van der Waals surface area contributed by atoms with E-state index in [9.17, 15) is 9.59 Å². The van der Waals surface area contributed by atoms with Crippen molar-refractivity contribution < 1.29 is 14.3 Å². The first-order valence-electron chi connectivity index (χ1n) is 12.8. The molecule has 38 heavy (non-hydrogen) atoms. The summed E-state index contributed by atoms with van der Waals surface area (Å²) in [5.41, 5.74) is 2.16. The summed E-state index contributed by atoms with van der Waals surface area (Å²) in [4.78, 5) is 29.0. The zero-order chi connectivity index (χ0) is 27.9. The Morgan fingerprint density at radius 2 is 1.61 bits per heavy atom. The standard InChI is InChI=1S/C31H36Cl2N2O3/c1-21(2)25-13-9-10-14-28(25)38-20-29(36)35(19-23-15-16-24(32)18-26(23)33)27(30(37)34-31(3,4)5)17-22-11-7-6-8-12-22/h6-16,18,21,27H,17,19-20H2,1-5H3,(H,34,37). The largest absolute Gasteiger partial charge is 0.483 e. The van der Waals surface area contributed by atoms with Gasteiger partial charge in [0.2, 0.25) is 5.91 Å². The molecule has 3 aromatic carbocycles. The highest BCUT2D eigenvalue weighted by Crippen LogP contribution is 2.27. The Hall–Kier alpha value is -3.02. The van der Waals surface area contributed by atoms with E-state index in [0.717, 1.165) is 11.1 Å². The van der Waals surface area contributed by atoms with Crippen LogP contribution in [0.25, 0.3) is 0 Å². The maximum absolute atomic E-state index is 13.8. The first-order valence-corrected chi connectivity index (χ1v) is 13.5. The van der Waals surface area contributed by atoms with Crippen LogP contribution in [0.1, 0.15) is 57.2 Å². The van der Waals surface area contributed by atoms with Crippen molar-refractivity contribution in [3.05, 3.63) is 99.5 Å². The topological polar surface area (TPSA) is 58.6 Å². The Labute approximate surface area is 236 Å². The Bertz CT molecular complexity index is 1240. The number of hydrogen-bond donors (Lipinski definition) is 1. The lowest BCUT2D eigenvalue weighted by atomic mass is 10.0. The van der Waals surface area contributed by atoms with Crippen LogP contribution in [-0.4, -0.2) is 34.9 Å². The molecule has 3 rings (SSSR count). The van der Waals surface area contributed by atoms with Gasteiger partial charge in [0.25, 0.3) is 5.91 Å². The molecule has 0 aliphatic carbocycles. The summed E-state index contributed by atoms with van der Waals surface area (Å²) in [7, 11) is 0. The molecule has 1 N–H and O–H groups in total. The van der Waals surface area contributed by atoms with E-state index >= 15 is 0 Å². The number of nitrogens with one attached hydrogen (secondary N) is 1. The zero-order valence-electron chi connectivity index (χ0n) is 22.6. The fraction of sp³-hybridized carbons (Fsp3) is 0.355. The third kappa shape index (κ3) is 8.50. The molecule has 0 aliphatic rings. The van der Waals surface area contributed by atoms with Gasteiger partial charge in [-0.2, -0.15) is 0 Å². The Balaban J connectivity index is 1.98. The van der Waals surface area contributed by atoms with E-state index in [2.05, 4.69) is 19.2 Å². The average molecular weight is 556 g/mol. The third-order valence-electron chi connectivity index (χ3n) is 6.02. The second-order valence-corrected chi connectivity index (χ2v) is 11.5. The molecule has 3 aromatic rings. The SMILES string of the molecule is CC(C)c1ccccc1OCC(=O)N(Cc1ccc(Cl)cc1Cl)C(Cc1ccccc1)C(=O)NC(C)(C)C. The number of amides is 2. The molecule has 0 aliphatic heterocycles. The van der Waals surface area contributed by atoms with E-state index in [1.807, 2.05) is 75.4 Å². The third-order valence-corrected chi connectivity index (χ3v) is 6.60. The molecule has 0 saturated carbocycles. The molecule has 0 aromatic heterocycles. The van der Waals surface area contributed by atoms with Crippen LogP contribution in [0.2, 0.25) is 10.0 Å². The highest BCUT2D eigenvalue weighted by molar-refractivity contribution is 6.35. The van der Waals surface area contributed by atoms with Crippen LogP contribution in [0.5, 0.6) is 5.75 Å². The monoisotopic (exact) mass is 554 g/mol. The molecule has 0 fully saturated rings. The minimum atomic E-state index is -0.792. The van der Waals surface area contributed by atoms with Crippen molar-refractivity contribution in [1.29, 1.82) is 0 Å². The highest BCUT2D eigenvalue weighted by atomic mass is 35.5. The molecule has 1 atom stereocenters. The van der Waals surface area contributed by atoms with Crippen molar-refractivity contribution >= 4 is 35.0 Å². The first kappa shape index (κ1) is 29.5. The summed E-state index contributed by atoms with van der Waals surface area (Å²) in [5, 5.41) is 3.98. The number of benzene rings is 3. The number of ether oxygens (including phenoxy) is 1. The van der Waals surface area contributed by atoms with Crippen molar-refractivity contribution in [3.8, 4) is 5.75 Å². The predicted octanol–water partition coefficient (Wildman–Crippen LogP) is 7.05. The van der Waals surface area contributed by atoms with Gasteiger partial charge >= 0.3 is 0 Å². The Morgan fingerprint density at radius 3 is 2.24 bits per heavy atom. The van der Waals surface area contributed by atoms with E-state index in [-0.39, 0.29) is 30.9 Å². The smallest absolute Gasteiger partial charge is 0.261 e. The van der Waals surface area contributed by atoms with Crippen LogP contribution in [-0.2, 0) is 22.6 Å². The Morgan fingerprint density at radius 1 is 0.947 bits per heavy atom. The molecule has 5 nitrogen and oxygen atoms in total. The number of hydrogen-bond acceptors (Lipinski definition) is 3. The molecule has 0 spiro atoms. The zero-order valence-corrected chi connectivity index (χ0v) is 24.1. The molecule has 2 amide bonds. The van der Waals surface area contributed by atoms with Gasteiger partial charge in [0.1, 0.15) is 11.8 Å². The van der Waals surface area contributed by atoms with E-state index < -0.39 is 11.6 Å². The van der Waals surface area contributed by atoms with Crippen molar-refractivity contribution in [1.82, 2.24) is 10.2 Å². The summed E-state index contributed by atoms with van der Waals surface area (Å²) < 4.78 is 6.03. The molecule has 0 radical (unpaired) electrons. The van der Waals surface area contributed by atoms with Crippen LogP contribution in [0.4, 0.5) is 0 Å². The summed E-state index contributed by atoms with van der Waals surface area (Å²) in [6.45, 7) is 9.80. The maximum atomic E-state index is 13.8. The Kier molecular flexibility index (Phi) is 10.2. The summed E-state index contributed by atoms with van der Waals surface area (Å²) in [6.07, 6.45) is 0.336. The van der Waals surface area contributed by atoms with Gasteiger partial charge in [-0.25, -0.2) is 0 Å². The van der Waals surface area contributed by atoms with Gasteiger partial charge < -0.3 is 15.0 Å². The fourth-order valence-corrected chi connectivity index (χ4v) is 4.62. The van der Waals surface area contributed by atoms with Gasteiger partial charge in [0.05, 0.1) is 0 Å². The average Bonchev–Trinajstić information content (AvgIpc) is 2.85. The summed E-state index contributed by atoms with van der Waals surface area (Å²) in [6, 6.07) is 21.7.